The molecule has 6 nitrogen and oxygen atoms in total. The van der Waals surface area contributed by atoms with Crippen molar-refractivity contribution in [2.45, 2.75) is 33.3 Å². The van der Waals surface area contributed by atoms with Gasteiger partial charge in [-0.3, -0.25) is 0 Å². The van der Waals surface area contributed by atoms with E-state index in [1.165, 1.54) is 0 Å². The van der Waals surface area contributed by atoms with E-state index in [1.54, 1.807) is 30.2 Å². The fraction of sp³-hybridized carbons (Fsp3) is 0.500. The van der Waals surface area contributed by atoms with Gasteiger partial charge in [-0.05, 0) is 32.9 Å². The first-order chi connectivity index (χ1) is 10.5. The van der Waals surface area contributed by atoms with Gasteiger partial charge in [-0.25, -0.2) is 4.79 Å². The number of ether oxygens (including phenoxy) is 2. The molecule has 120 valence electrons. The topological polar surface area (TPSA) is 74.6 Å². The molecular formula is C16H23N3O3. The SMILES string of the molecule is CCN(CCC#N)C(=O)Nc1cc(OC)ccc1OC(C)C. The third kappa shape index (κ3) is 5.17. The van der Waals surface area contributed by atoms with Crippen LogP contribution in [0.5, 0.6) is 11.5 Å². The summed E-state index contributed by atoms with van der Waals surface area (Å²) in [7, 11) is 1.56. The lowest BCUT2D eigenvalue weighted by Crippen LogP contribution is -2.35. The summed E-state index contributed by atoms with van der Waals surface area (Å²) in [4.78, 5) is 13.9. The summed E-state index contributed by atoms with van der Waals surface area (Å²) < 4.78 is 10.9. The fourth-order valence-corrected chi connectivity index (χ4v) is 1.87. The molecule has 0 saturated heterocycles. The van der Waals surface area contributed by atoms with E-state index in [4.69, 9.17) is 14.7 Å². The van der Waals surface area contributed by atoms with E-state index in [1.807, 2.05) is 26.8 Å². The number of rotatable bonds is 7. The van der Waals surface area contributed by atoms with Crippen LogP contribution in [0.2, 0.25) is 0 Å². The minimum absolute atomic E-state index is 0.00934. The second kappa shape index (κ2) is 8.78. The van der Waals surface area contributed by atoms with Gasteiger partial charge in [0.2, 0.25) is 0 Å². The molecule has 22 heavy (non-hydrogen) atoms. The third-order valence-electron chi connectivity index (χ3n) is 2.95. The molecule has 0 aromatic heterocycles. The van der Waals surface area contributed by atoms with Crippen molar-refractivity contribution in [2.24, 2.45) is 0 Å². The Morgan fingerprint density at radius 1 is 1.45 bits per heavy atom. The number of urea groups is 1. The number of anilines is 1. The number of amides is 2. The van der Waals surface area contributed by atoms with Crippen LogP contribution in [0.15, 0.2) is 18.2 Å². The predicted octanol–water partition coefficient (Wildman–Crippen LogP) is 3.25. The Morgan fingerprint density at radius 3 is 2.73 bits per heavy atom. The van der Waals surface area contributed by atoms with Crippen molar-refractivity contribution in [2.75, 3.05) is 25.5 Å². The van der Waals surface area contributed by atoms with Crippen molar-refractivity contribution in [1.29, 1.82) is 5.26 Å². The van der Waals surface area contributed by atoms with Gasteiger partial charge in [0.25, 0.3) is 0 Å². The standard InChI is InChI=1S/C16H23N3O3/c1-5-19(10-6-9-17)16(20)18-14-11-13(21-4)7-8-15(14)22-12(2)3/h7-8,11-12H,5-6,10H2,1-4H3,(H,18,20). The lowest BCUT2D eigenvalue weighted by molar-refractivity contribution is 0.214. The zero-order chi connectivity index (χ0) is 16.5. The lowest BCUT2D eigenvalue weighted by Gasteiger charge is -2.22. The van der Waals surface area contributed by atoms with Crippen LogP contribution in [0.4, 0.5) is 10.5 Å². The Kier molecular flexibility index (Phi) is 7.03. The molecule has 1 aromatic rings. The maximum atomic E-state index is 12.3. The molecule has 0 unspecified atom stereocenters. The molecule has 1 N–H and O–H groups in total. The van der Waals surface area contributed by atoms with Gasteiger partial charge >= 0.3 is 6.03 Å². The Morgan fingerprint density at radius 2 is 2.18 bits per heavy atom. The van der Waals surface area contributed by atoms with Crippen LogP contribution in [-0.4, -0.2) is 37.2 Å². The van der Waals surface area contributed by atoms with Gasteiger partial charge in [-0.2, -0.15) is 5.26 Å². The average molecular weight is 305 g/mol. The molecule has 0 aliphatic carbocycles. The van der Waals surface area contributed by atoms with E-state index in [0.717, 1.165) is 0 Å². The Balaban J connectivity index is 2.93. The van der Waals surface area contributed by atoms with Gasteiger partial charge in [-0.15, -0.1) is 0 Å². The van der Waals surface area contributed by atoms with Crippen molar-refractivity contribution < 1.29 is 14.3 Å². The van der Waals surface area contributed by atoms with E-state index >= 15 is 0 Å². The van der Waals surface area contributed by atoms with E-state index in [-0.39, 0.29) is 12.1 Å². The number of methoxy groups -OCH3 is 1. The molecule has 0 spiro atoms. The second-order valence-electron chi connectivity index (χ2n) is 4.95. The molecule has 0 radical (unpaired) electrons. The highest BCUT2D eigenvalue weighted by molar-refractivity contribution is 5.91. The van der Waals surface area contributed by atoms with Gasteiger partial charge in [-0.1, -0.05) is 0 Å². The van der Waals surface area contributed by atoms with Crippen LogP contribution in [0.25, 0.3) is 0 Å². The van der Waals surface area contributed by atoms with Crippen LogP contribution in [0, 0.1) is 11.3 Å². The number of nitrogens with zero attached hydrogens (tertiary/aromatic N) is 2. The highest BCUT2D eigenvalue weighted by Gasteiger charge is 2.15. The number of nitrogens with one attached hydrogen (secondary N) is 1. The smallest absolute Gasteiger partial charge is 0.321 e. The maximum absolute atomic E-state index is 12.3. The summed E-state index contributed by atoms with van der Waals surface area (Å²) in [6, 6.07) is 7.03. The minimum atomic E-state index is -0.264. The van der Waals surface area contributed by atoms with Crippen molar-refractivity contribution >= 4 is 11.7 Å². The summed E-state index contributed by atoms with van der Waals surface area (Å²) in [6.07, 6.45) is 0.291. The van der Waals surface area contributed by atoms with E-state index in [9.17, 15) is 4.79 Å². The van der Waals surface area contributed by atoms with Crippen LogP contribution < -0.4 is 14.8 Å². The quantitative estimate of drug-likeness (QED) is 0.839. The summed E-state index contributed by atoms with van der Waals surface area (Å²) in [6.45, 7) is 6.62. The van der Waals surface area contributed by atoms with Gasteiger partial charge < -0.3 is 19.7 Å². The van der Waals surface area contributed by atoms with Crippen molar-refractivity contribution in [3.05, 3.63) is 18.2 Å². The number of hydrogen-bond donors (Lipinski definition) is 1. The molecule has 2 amide bonds. The molecule has 0 heterocycles. The maximum Gasteiger partial charge on any atom is 0.321 e. The molecule has 0 atom stereocenters. The van der Waals surface area contributed by atoms with Crippen LogP contribution in [0.1, 0.15) is 27.2 Å². The minimum Gasteiger partial charge on any atom is -0.497 e. The Bertz CT molecular complexity index is 538. The predicted molar refractivity (Wildman–Crippen MR) is 85.3 cm³/mol. The van der Waals surface area contributed by atoms with Gasteiger partial charge in [0.05, 0.1) is 31.4 Å². The van der Waals surface area contributed by atoms with E-state index in [0.29, 0.717) is 36.7 Å². The van der Waals surface area contributed by atoms with Gasteiger partial charge in [0, 0.05) is 19.2 Å². The Labute approximate surface area is 131 Å². The van der Waals surface area contributed by atoms with Crippen LogP contribution >= 0.6 is 0 Å². The van der Waals surface area contributed by atoms with E-state index < -0.39 is 0 Å². The highest BCUT2D eigenvalue weighted by Crippen LogP contribution is 2.30. The molecule has 0 saturated carbocycles. The summed E-state index contributed by atoms with van der Waals surface area (Å²) in [5.41, 5.74) is 0.549. The zero-order valence-electron chi connectivity index (χ0n) is 13.5. The molecule has 1 rings (SSSR count). The monoisotopic (exact) mass is 305 g/mol. The Hall–Kier alpha value is -2.42. The largest absolute Gasteiger partial charge is 0.497 e. The summed E-state index contributed by atoms with van der Waals surface area (Å²) in [5, 5.41) is 11.5. The number of carbonyl (C=O) groups is 1. The second-order valence-corrected chi connectivity index (χ2v) is 4.95. The first-order valence-corrected chi connectivity index (χ1v) is 7.29. The van der Waals surface area contributed by atoms with Crippen molar-refractivity contribution in [1.82, 2.24) is 4.90 Å². The molecule has 1 aromatic carbocycles. The first kappa shape index (κ1) is 17.6. The molecule has 6 heteroatoms. The zero-order valence-corrected chi connectivity index (χ0v) is 13.5. The van der Waals surface area contributed by atoms with E-state index in [2.05, 4.69) is 5.32 Å². The number of hydrogen-bond acceptors (Lipinski definition) is 4. The van der Waals surface area contributed by atoms with Gasteiger partial charge in [0.15, 0.2) is 0 Å². The average Bonchev–Trinajstić information content (AvgIpc) is 2.49. The molecule has 0 aliphatic rings. The summed E-state index contributed by atoms with van der Waals surface area (Å²) in [5.74, 6) is 1.21. The first-order valence-electron chi connectivity index (χ1n) is 7.29. The highest BCUT2D eigenvalue weighted by atomic mass is 16.5. The summed E-state index contributed by atoms with van der Waals surface area (Å²) >= 11 is 0. The fourth-order valence-electron chi connectivity index (χ4n) is 1.87. The van der Waals surface area contributed by atoms with Crippen LogP contribution in [-0.2, 0) is 0 Å². The number of benzene rings is 1. The molecule has 0 bridgehead atoms. The van der Waals surface area contributed by atoms with Gasteiger partial charge in [0.1, 0.15) is 11.5 Å². The van der Waals surface area contributed by atoms with Crippen molar-refractivity contribution in [3.8, 4) is 17.6 Å². The molecular weight excluding hydrogens is 282 g/mol. The normalized spacial score (nSPS) is 10.0. The number of carbonyl (C=O) groups excluding carboxylic acids is 1. The lowest BCUT2D eigenvalue weighted by atomic mass is 10.2. The molecule has 0 fully saturated rings. The number of nitriles is 1. The molecule has 0 aliphatic heterocycles. The van der Waals surface area contributed by atoms with Crippen molar-refractivity contribution in [3.63, 3.8) is 0 Å². The third-order valence-corrected chi connectivity index (χ3v) is 2.95. The van der Waals surface area contributed by atoms with Crippen LogP contribution in [0.3, 0.4) is 0 Å².